The normalized spacial score (nSPS) is 11.7. The van der Waals surface area contributed by atoms with E-state index in [4.69, 9.17) is 14.2 Å². The van der Waals surface area contributed by atoms with Crippen LogP contribution in [0.5, 0.6) is 17.2 Å². The second-order valence-corrected chi connectivity index (χ2v) is 7.53. The fourth-order valence-corrected chi connectivity index (χ4v) is 3.49. The van der Waals surface area contributed by atoms with Crippen molar-refractivity contribution in [3.8, 4) is 28.5 Å². The smallest absolute Gasteiger partial charge is 0.163 e. The minimum absolute atomic E-state index is 0.122. The molecule has 1 aromatic heterocycles. The Labute approximate surface area is 193 Å². The summed E-state index contributed by atoms with van der Waals surface area (Å²) >= 11 is 0. The first-order chi connectivity index (χ1) is 15.9. The van der Waals surface area contributed by atoms with Gasteiger partial charge in [-0.1, -0.05) is 0 Å². The van der Waals surface area contributed by atoms with E-state index in [1.54, 1.807) is 49.4 Å². The number of ketones is 1. The lowest BCUT2D eigenvalue weighted by Crippen LogP contribution is -2.07. The van der Waals surface area contributed by atoms with Gasteiger partial charge in [0.2, 0.25) is 0 Å². The summed E-state index contributed by atoms with van der Waals surface area (Å²) in [7, 11) is 3.04. The van der Waals surface area contributed by atoms with E-state index in [0.29, 0.717) is 51.9 Å². The van der Waals surface area contributed by atoms with E-state index in [0.717, 1.165) is 0 Å². The summed E-state index contributed by atoms with van der Waals surface area (Å²) in [5, 5.41) is 10.7. The van der Waals surface area contributed by atoms with Crippen LogP contribution >= 0.6 is 0 Å². The molecule has 174 valence electrons. The van der Waals surface area contributed by atoms with Gasteiger partial charge in [-0.05, 0) is 74.4 Å². The van der Waals surface area contributed by atoms with Gasteiger partial charge < -0.3 is 19.3 Å². The van der Waals surface area contributed by atoms with Crippen LogP contribution in [0.4, 0.5) is 4.39 Å². The van der Waals surface area contributed by atoms with E-state index in [-0.39, 0.29) is 24.4 Å². The Morgan fingerprint density at radius 3 is 2.42 bits per heavy atom. The first-order valence-electron chi connectivity index (χ1n) is 10.7. The van der Waals surface area contributed by atoms with Crippen molar-refractivity contribution in [1.29, 1.82) is 0 Å². The third kappa shape index (κ3) is 5.68. The third-order valence-electron chi connectivity index (χ3n) is 5.30. The van der Waals surface area contributed by atoms with Crippen LogP contribution in [-0.2, 0) is 0 Å². The molecule has 0 aliphatic rings. The number of aliphatic hydroxyl groups is 1. The Morgan fingerprint density at radius 2 is 1.76 bits per heavy atom. The number of pyridine rings is 1. The van der Waals surface area contributed by atoms with Crippen molar-refractivity contribution in [2.24, 2.45) is 0 Å². The highest BCUT2D eigenvalue weighted by Crippen LogP contribution is 2.32. The molecule has 33 heavy (non-hydrogen) atoms. The molecule has 1 N–H and O–H groups in total. The highest BCUT2D eigenvalue weighted by atomic mass is 19.1. The molecule has 1 heterocycles. The number of aryl methyl sites for hydroxylation is 1. The van der Waals surface area contributed by atoms with Gasteiger partial charge in [-0.15, -0.1) is 0 Å². The Bertz CT molecular complexity index is 1130. The van der Waals surface area contributed by atoms with E-state index >= 15 is 0 Å². The van der Waals surface area contributed by atoms with Gasteiger partial charge in [0, 0.05) is 17.5 Å². The minimum Gasteiger partial charge on any atom is -0.494 e. The molecule has 2 aromatic carbocycles. The van der Waals surface area contributed by atoms with Gasteiger partial charge in [-0.25, -0.2) is 9.37 Å². The van der Waals surface area contributed by atoms with Gasteiger partial charge in [0.05, 0.1) is 32.6 Å². The maximum atomic E-state index is 13.7. The molecule has 0 aliphatic carbocycles. The molecule has 0 bridgehead atoms. The molecular formula is C26H28FNO5. The van der Waals surface area contributed by atoms with Crippen molar-refractivity contribution >= 4 is 5.78 Å². The van der Waals surface area contributed by atoms with Crippen LogP contribution in [0.1, 0.15) is 47.5 Å². The van der Waals surface area contributed by atoms with Crippen molar-refractivity contribution in [1.82, 2.24) is 4.98 Å². The van der Waals surface area contributed by atoms with E-state index < -0.39 is 6.10 Å². The van der Waals surface area contributed by atoms with Gasteiger partial charge in [0.1, 0.15) is 17.3 Å². The van der Waals surface area contributed by atoms with Crippen LogP contribution in [0, 0.1) is 12.7 Å². The van der Waals surface area contributed by atoms with E-state index in [2.05, 4.69) is 4.98 Å². The summed E-state index contributed by atoms with van der Waals surface area (Å²) in [4.78, 5) is 17.2. The molecule has 0 radical (unpaired) electrons. The molecule has 0 aliphatic heterocycles. The number of rotatable bonds is 10. The van der Waals surface area contributed by atoms with Crippen molar-refractivity contribution in [3.05, 3.63) is 71.2 Å². The lowest BCUT2D eigenvalue weighted by molar-refractivity contribution is 0.0937. The van der Waals surface area contributed by atoms with Gasteiger partial charge in [0.15, 0.2) is 17.3 Å². The Morgan fingerprint density at radius 1 is 1.03 bits per heavy atom. The van der Waals surface area contributed by atoms with Gasteiger partial charge in [0.25, 0.3) is 0 Å². The van der Waals surface area contributed by atoms with E-state index in [1.807, 2.05) is 6.92 Å². The average molecular weight is 454 g/mol. The number of aromatic nitrogens is 1. The Hall–Kier alpha value is -3.45. The number of carbonyl (C=O) groups excluding carboxylic acids is 1. The number of Topliss-reactive ketones (excluding diaryl/α,β-unsaturated/α-hetero) is 1. The van der Waals surface area contributed by atoms with Crippen molar-refractivity contribution in [2.45, 2.75) is 32.8 Å². The highest BCUT2D eigenvalue weighted by molar-refractivity contribution is 5.96. The summed E-state index contributed by atoms with van der Waals surface area (Å²) in [6.07, 6.45) is -0.642. The summed E-state index contributed by atoms with van der Waals surface area (Å²) in [6.45, 7) is 4.03. The number of hydrogen-bond acceptors (Lipinski definition) is 6. The standard InChI is InChI=1S/C26H28FNO5/c1-5-33-23-12-7-17(15-25(23)32-4)21(29)10-11-22(30)20-9-13-24(31-3)26(28-20)18-6-8-19(27)16(2)14-18/h6-9,12-15,22,30H,5,10-11H2,1-4H3. The number of methoxy groups -OCH3 is 2. The third-order valence-corrected chi connectivity index (χ3v) is 5.30. The quantitative estimate of drug-likeness (QED) is 0.419. The first-order valence-corrected chi connectivity index (χ1v) is 10.7. The molecule has 0 fully saturated rings. The minimum atomic E-state index is -0.954. The Balaban J connectivity index is 1.76. The zero-order chi connectivity index (χ0) is 24.0. The molecule has 3 aromatic rings. The van der Waals surface area contributed by atoms with Gasteiger partial charge >= 0.3 is 0 Å². The SMILES string of the molecule is CCOc1ccc(C(=O)CCC(O)c2ccc(OC)c(-c3ccc(F)c(C)c3)n2)cc1OC. The molecule has 0 amide bonds. The number of benzene rings is 2. The van der Waals surface area contributed by atoms with Gasteiger partial charge in [-0.2, -0.15) is 0 Å². The molecule has 0 saturated carbocycles. The number of carbonyl (C=O) groups is 1. The molecule has 0 spiro atoms. The second kappa shape index (κ2) is 10.9. The molecule has 3 rings (SSSR count). The van der Waals surface area contributed by atoms with Crippen LogP contribution in [0.15, 0.2) is 48.5 Å². The summed E-state index contributed by atoms with van der Waals surface area (Å²) in [6, 6.07) is 13.1. The lowest BCUT2D eigenvalue weighted by atomic mass is 10.0. The van der Waals surface area contributed by atoms with E-state index in [1.165, 1.54) is 20.3 Å². The average Bonchev–Trinajstić information content (AvgIpc) is 2.84. The van der Waals surface area contributed by atoms with Crippen LogP contribution in [0.2, 0.25) is 0 Å². The molecule has 7 heteroatoms. The number of halogens is 1. The monoisotopic (exact) mass is 453 g/mol. The fourth-order valence-electron chi connectivity index (χ4n) is 3.49. The zero-order valence-corrected chi connectivity index (χ0v) is 19.2. The summed E-state index contributed by atoms with van der Waals surface area (Å²) < 4.78 is 29.9. The largest absolute Gasteiger partial charge is 0.494 e. The number of nitrogens with zero attached hydrogens (tertiary/aromatic N) is 1. The van der Waals surface area contributed by atoms with E-state index in [9.17, 15) is 14.3 Å². The fraction of sp³-hybridized carbons (Fsp3) is 0.308. The second-order valence-electron chi connectivity index (χ2n) is 7.53. The predicted molar refractivity (Wildman–Crippen MR) is 124 cm³/mol. The van der Waals surface area contributed by atoms with Crippen LogP contribution in [-0.4, -0.2) is 36.7 Å². The van der Waals surface area contributed by atoms with Crippen LogP contribution in [0.3, 0.4) is 0 Å². The number of aliphatic hydroxyl groups excluding tert-OH is 1. The highest BCUT2D eigenvalue weighted by Gasteiger charge is 2.18. The van der Waals surface area contributed by atoms with Crippen molar-refractivity contribution in [3.63, 3.8) is 0 Å². The van der Waals surface area contributed by atoms with Crippen LogP contribution in [0.25, 0.3) is 11.3 Å². The topological polar surface area (TPSA) is 77.9 Å². The number of hydrogen-bond donors (Lipinski definition) is 1. The Kier molecular flexibility index (Phi) is 8.01. The molecule has 1 atom stereocenters. The van der Waals surface area contributed by atoms with Crippen LogP contribution < -0.4 is 14.2 Å². The maximum absolute atomic E-state index is 13.7. The maximum Gasteiger partial charge on any atom is 0.163 e. The number of ether oxygens (including phenoxy) is 3. The molecule has 1 unspecified atom stereocenters. The van der Waals surface area contributed by atoms with Crippen molar-refractivity contribution in [2.75, 3.05) is 20.8 Å². The summed E-state index contributed by atoms with van der Waals surface area (Å²) in [5.74, 6) is 1.13. The van der Waals surface area contributed by atoms with Gasteiger partial charge in [-0.3, -0.25) is 4.79 Å². The first kappa shape index (κ1) is 24.2. The predicted octanol–water partition coefficient (Wildman–Crippen LogP) is 5.31. The zero-order valence-electron chi connectivity index (χ0n) is 19.2. The summed E-state index contributed by atoms with van der Waals surface area (Å²) in [5.41, 5.74) is 2.55. The molecular weight excluding hydrogens is 425 g/mol. The molecule has 0 saturated heterocycles. The lowest BCUT2D eigenvalue weighted by Gasteiger charge is -2.15. The molecule has 6 nitrogen and oxygen atoms in total. The van der Waals surface area contributed by atoms with Crippen molar-refractivity contribution < 1.29 is 28.5 Å².